The van der Waals surface area contributed by atoms with Gasteiger partial charge < -0.3 is 24.4 Å². The third-order valence-electron chi connectivity index (χ3n) is 7.51. The van der Waals surface area contributed by atoms with E-state index < -0.39 is 28.0 Å². The van der Waals surface area contributed by atoms with Gasteiger partial charge in [0.15, 0.2) is 0 Å². The Bertz CT molecular complexity index is 1260. The van der Waals surface area contributed by atoms with Gasteiger partial charge >= 0.3 is 0 Å². The molecule has 0 saturated heterocycles. The molecule has 1 amide bonds. The molecule has 2 aromatic carbocycles. The van der Waals surface area contributed by atoms with E-state index in [1.807, 2.05) is 45.0 Å². The van der Waals surface area contributed by atoms with E-state index in [-0.39, 0.29) is 42.5 Å². The second kappa shape index (κ2) is 14.4. The van der Waals surface area contributed by atoms with E-state index in [0.717, 1.165) is 37.1 Å². The summed E-state index contributed by atoms with van der Waals surface area (Å²) in [6.07, 6.45) is 1.66. The Morgan fingerprint density at radius 1 is 1.10 bits per heavy atom. The van der Waals surface area contributed by atoms with Crippen molar-refractivity contribution in [1.82, 2.24) is 9.21 Å². The molecule has 11 heteroatoms. The molecule has 1 heterocycles. The molecule has 0 fully saturated rings. The van der Waals surface area contributed by atoms with Gasteiger partial charge in [-0.3, -0.25) is 4.79 Å². The zero-order valence-electron chi connectivity index (χ0n) is 24.9. The number of rotatable bonds is 7. The second-order valence-electron chi connectivity index (χ2n) is 11.1. The molecule has 0 aromatic heterocycles. The van der Waals surface area contributed by atoms with E-state index in [1.165, 1.54) is 23.5 Å². The Balaban J connectivity index is 1.96. The summed E-state index contributed by atoms with van der Waals surface area (Å²) in [5.74, 6) is -0.600. The lowest BCUT2D eigenvalue weighted by atomic mass is 10.0. The molecular weight excluding hydrogens is 549 g/mol. The van der Waals surface area contributed by atoms with Gasteiger partial charge in [-0.15, -0.1) is 0 Å². The number of fused-ring (bicyclic) bond motifs is 1. The molecule has 0 saturated carbocycles. The van der Waals surface area contributed by atoms with E-state index in [4.69, 9.17) is 9.47 Å². The Kier molecular flexibility index (Phi) is 11.5. The third-order valence-corrected chi connectivity index (χ3v) is 9.35. The Hall–Kier alpha value is -2.73. The lowest BCUT2D eigenvalue weighted by molar-refractivity contribution is -0.00833. The highest BCUT2D eigenvalue weighted by atomic mass is 32.2. The molecule has 1 aliphatic heterocycles. The van der Waals surface area contributed by atoms with Crippen LogP contribution in [0, 0.1) is 11.7 Å². The molecule has 0 radical (unpaired) electrons. The molecule has 3 rings (SSSR count). The number of benzene rings is 2. The number of carbonyl (C=O) groups is 1. The number of anilines is 1. The predicted molar refractivity (Wildman–Crippen MR) is 157 cm³/mol. The highest BCUT2D eigenvalue weighted by Crippen LogP contribution is 2.29. The molecule has 2 aromatic rings. The molecule has 9 nitrogen and oxygen atoms in total. The first-order valence-electron chi connectivity index (χ1n) is 14.1. The van der Waals surface area contributed by atoms with Gasteiger partial charge in [-0.05, 0) is 75.6 Å². The van der Waals surface area contributed by atoms with Gasteiger partial charge in [0.2, 0.25) is 10.0 Å². The standard InChI is InChI=1S/C30H44FN3O6S/c1-21-18-34(22(2)20-35)30(36)27-17-25(32(4)5)12-15-28(27)40-23(3)9-7-8-16-39-29(21)19-33(6)41(37,38)26-13-10-24(31)11-14-26/h10-15,17,21-23,29,35H,7-9,16,18-20H2,1-6H3/t21-,22+,23+,29+/m1/s1. The lowest BCUT2D eigenvalue weighted by Crippen LogP contribution is -2.48. The number of nitrogens with zero attached hydrogens (tertiary/aromatic N) is 3. The summed E-state index contributed by atoms with van der Waals surface area (Å²) in [7, 11) is 1.36. The summed E-state index contributed by atoms with van der Waals surface area (Å²) >= 11 is 0. The maximum Gasteiger partial charge on any atom is 0.258 e. The normalized spacial score (nSPS) is 22.0. The van der Waals surface area contributed by atoms with Crippen LogP contribution in [0.5, 0.6) is 5.75 Å². The predicted octanol–water partition coefficient (Wildman–Crippen LogP) is 4.01. The number of aliphatic hydroxyl groups is 1. The third kappa shape index (κ3) is 8.41. The molecule has 1 N–H and O–H groups in total. The first-order valence-corrected chi connectivity index (χ1v) is 15.5. The lowest BCUT2D eigenvalue weighted by Gasteiger charge is -2.35. The molecule has 4 atom stereocenters. The van der Waals surface area contributed by atoms with Crippen LogP contribution in [0.4, 0.5) is 10.1 Å². The first-order chi connectivity index (χ1) is 19.3. The summed E-state index contributed by atoms with van der Waals surface area (Å²) in [6.45, 7) is 6.08. The minimum Gasteiger partial charge on any atom is -0.490 e. The number of hydrogen-bond donors (Lipinski definition) is 1. The largest absolute Gasteiger partial charge is 0.490 e. The highest BCUT2D eigenvalue weighted by molar-refractivity contribution is 7.89. The van der Waals surface area contributed by atoms with E-state index in [1.54, 1.807) is 17.9 Å². The average Bonchev–Trinajstić information content (AvgIpc) is 2.93. The number of likely N-dealkylation sites (N-methyl/N-ethyl adjacent to an activating group) is 1. The maximum absolute atomic E-state index is 14.1. The number of halogens is 1. The molecule has 0 spiro atoms. The van der Waals surface area contributed by atoms with Crippen molar-refractivity contribution < 1.29 is 32.2 Å². The van der Waals surface area contributed by atoms with Crippen molar-refractivity contribution in [2.45, 2.75) is 63.2 Å². The van der Waals surface area contributed by atoms with Crippen LogP contribution < -0.4 is 9.64 Å². The minimum atomic E-state index is -3.90. The Labute approximate surface area is 243 Å². The average molecular weight is 594 g/mol. The monoisotopic (exact) mass is 593 g/mol. The summed E-state index contributed by atoms with van der Waals surface area (Å²) in [5.41, 5.74) is 1.24. The summed E-state index contributed by atoms with van der Waals surface area (Å²) in [6, 6.07) is 9.73. The number of sulfonamides is 1. The van der Waals surface area contributed by atoms with Gasteiger partial charge in [0.05, 0.1) is 35.3 Å². The first kappa shape index (κ1) is 32.8. The highest BCUT2D eigenvalue weighted by Gasteiger charge is 2.32. The number of carbonyl (C=O) groups excluding carboxylic acids is 1. The van der Waals surface area contributed by atoms with Crippen LogP contribution in [0.15, 0.2) is 47.4 Å². The van der Waals surface area contributed by atoms with Crippen LogP contribution in [0.1, 0.15) is 50.4 Å². The zero-order chi connectivity index (χ0) is 30.3. The fourth-order valence-electron chi connectivity index (χ4n) is 4.79. The summed E-state index contributed by atoms with van der Waals surface area (Å²) in [5, 5.41) is 10.1. The molecule has 0 unspecified atom stereocenters. The van der Waals surface area contributed by atoms with Crippen molar-refractivity contribution in [3.8, 4) is 5.75 Å². The quantitative estimate of drug-likeness (QED) is 0.518. The number of amides is 1. The van der Waals surface area contributed by atoms with Gasteiger partial charge in [0, 0.05) is 52.4 Å². The van der Waals surface area contributed by atoms with Crippen molar-refractivity contribution in [3.05, 3.63) is 53.8 Å². The summed E-state index contributed by atoms with van der Waals surface area (Å²) < 4.78 is 53.6. The van der Waals surface area contributed by atoms with Crippen LogP contribution in [-0.2, 0) is 14.8 Å². The second-order valence-corrected chi connectivity index (χ2v) is 13.2. The van der Waals surface area contributed by atoms with Gasteiger partial charge in [-0.2, -0.15) is 4.31 Å². The molecule has 228 valence electrons. The van der Waals surface area contributed by atoms with Crippen LogP contribution in [-0.4, -0.2) is 94.3 Å². The van der Waals surface area contributed by atoms with E-state index >= 15 is 0 Å². The smallest absolute Gasteiger partial charge is 0.258 e. The SMILES string of the molecule is C[C@@H]1CN([C@@H](C)CO)C(=O)c2cc(N(C)C)ccc2O[C@@H](C)CCCCO[C@H]1CN(C)S(=O)(=O)c1ccc(F)cc1. The van der Waals surface area contributed by atoms with Crippen LogP contribution in [0.2, 0.25) is 0 Å². The number of aliphatic hydroxyl groups excluding tert-OH is 1. The van der Waals surface area contributed by atoms with Gasteiger partial charge in [-0.25, -0.2) is 12.8 Å². The van der Waals surface area contributed by atoms with E-state index in [9.17, 15) is 22.7 Å². The molecule has 1 aliphatic rings. The fourth-order valence-corrected chi connectivity index (χ4v) is 5.97. The molecule has 0 bridgehead atoms. The van der Waals surface area contributed by atoms with Gasteiger partial charge in [-0.1, -0.05) is 6.92 Å². The van der Waals surface area contributed by atoms with E-state index in [0.29, 0.717) is 17.9 Å². The minimum absolute atomic E-state index is 0.0112. The van der Waals surface area contributed by atoms with Crippen molar-refractivity contribution in [2.75, 3.05) is 52.3 Å². The van der Waals surface area contributed by atoms with Crippen LogP contribution >= 0.6 is 0 Å². The van der Waals surface area contributed by atoms with Crippen molar-refractivity contribution in [3.63, 3.8) is 0 Å². The van der Waals surface area contributed by atoms with Crippen molar-refractivity contribution >= 4 is 21.6 Å². The van der Waals surface area contributed by atoms with Crippen molar-refractivity contribution in [2.24, 2.45) is 5.92 Å². The van der Waals surface area contributed by atoms with E-state index in [2.05, 4.69) is 0 Å². The Morgan fingerprint density at radius 3 is 2.41 bits per heavy atom. The van der Waals surface area contributed by atoms with Gasteiger partial charge in [0.1, 0.15) is 11.6 Å². The van der Waals surface area contributed by atoms with Crippen LogP contribution in [0.25, 0.3) is 0 Å². The molecule has 41 heavy (non-hydrogen) atoms. The Morgan fingerprint density at radius 2 is 1.78 bits per heavy atom. The summed E-state index contributed by atoms with van der Waals surface area (Å²) in [4.78, 5) is 17.6. The van der Waals surface area contributed by atoms with Gasteiger partial charge in [0.25, 0.3) is 5.91 Å². The number of hydrogen-bond acceptors (Lipinski definition) is 7. The zero-order valence-corrected chi connectivity index (χ0v) is 25.7. The fraction of sp³-hybridized carbons (Fsp3) is 0.567. The molecular formula is C30H44FN3O6S. The molecule has 0 aliphatic carbocycles. The van der Waals surface area contributed by atoms with Crippen molar-refractivity contribution in [1.29, 1.82) is 0 Å². The number of ether oxygens (including phenoxy) is 2. The topological polar surface area (TPSA) is 99.6 Å². The maximum atomic E-state index is 14.1. The van der Waals surface area contributed by atoms with Crippen LogP contribution in [0.3, 0.4) is 0 Å².